The van der Waals surface area contributed by atoms with Crippen molar-refractivity contribution in [3.63, 3.8) is 0 Å². The van der Waals surface area contributed by atoms with Gasteiger partial charge in [-0.3, -0.25) is 14.6 Å². The molecular formula is C25H24N6O5S2. The third-order valence-electron chi connectivity index (χ3n) is 6.31. The van der Waals surface area contributed by atoms with E-state index in [1.165, 1.54) is 13.2 Å². The number of carbonyl (C=O) groups is 2. The molecule has 3 heterocycles. The van der Waals surface area contributed by atoms with Crippen molar-refractivity contribution in [3.05, 3.63) is 76.9 Å². The first-order valence-electron chi connectivity index (χ1n) is 11.7. The van der Waals surface area contributed by atoms with Crippen molar-refractivity contribution in [2.75, 3.05) is 33.3 Å². The number of para-hydroxylation sites is 1. The summed E-state index contributed by atoms with van der Waals surface area (Å²) in [5.74, 6) is -0.00210. The Balaban J connectivity index is 1.25. The van der Waals surface area contributed by atoms with Crippen molar-refractivity contribution in [1.29, 1.82) is 0 Å². The van der Waals surface area contributed by atoms with E-state index in [0.717, 1.165) is 16.9 Å². The molecule has 5 rings (SSSR count). The fourth-order valence-electron chi connectivity index (χ4n) is 4.28. The fourth-order valence-corrected chi connectivity index (χ4v) is 5.90. The molecule has 1 saturated heterocycles. The van der Waals surface area contributed by atoms with Gasteiger partial charge in [0.1, 0.15) is 10.6 Å². The van der Waals surface area contributed by atoms with Crippen LogP contribution in [0, 0.1) is 0 Å². The number of piperazine rings is 1. The molecular weight excluding hydrogens is 528 g/mol. The molecule has 2 aromatic heterocycles. The van der Waals surface area contributed by atoms with E-state index in [2.05, 4.69) is 19.3 Å². The van der Waals surface area contributed by atoms with Crippen LogP contribution in [0.2, 0.25) is 0 Å². The molecule has 2 amide bonds. The average Bonchev–Trinajstić information content (AvgIpc) is 3.50. The Kier molecular flexibility index (Phi) is 7.31. The number of methoxy groups -OCH3 is 1. The Hall–Kier alpha value is -3.94. The smallest absolute Gasteiger partial charge is 0.275 e. The summed E-state index contributed by atoms with van der Waals surface area (Å²) in [6.07, 6.45) is 1.55. The number of fused-ring (bicyclic) bond motifs is 1. The Morgan fingerprint density at radius 2 is 1.76 bits per heavy atom. The van der Waals surface area contributed by atoms with Crippen LogP contribution in [-0.2, 0) is 16.6 Å². The van der Waals surface area contributed by atoms with E-state index in [-0.39, 0.29) is 23.3 Å². The Morgan fingerprint density at radius 3 is 2.47 bits per heavy atom. The third kappa shape index (κ3) is 5.21. The van der Waals surface area contributed by atoms with Gasteiger partial charge < -0.3 is 14.5 Å². The lowest BCUT2D eigenvalue weighted by Gasteiger charge is -2.34. The van der Waals surface area contributed by atoms with Gasteiger partial charge >= 0.3 is 0 Å². The van der Waals surface area contributed by atoms with E-state index < -0.39 is 10.0 Å². The third-order valence-corrected chi connectivity index (χ3v) is 8.24. The van der Waals surface area contributed by atoms with Crippen molar-refractivity contribution in [2.45, 2.75) is 11.4 Å². The second kappa shape index (κ2) is 10.8. The lowest BCUT2D eigenvalue weighted by molar-refractivity contribution is 0.0532. The summed E-state index contributed by atoms with van der Waals surface area (Å²) in [4.78, 5) is 33.3. The molecule has 0 atom stereocenters. The zero-order valence-electron chi connectivity index (χ0n) is 20.4. The molecule has 1 aliphatic heterocycles. The number of benzene rings is 2. The highest BCUT2D eigenvalue weighted by molar-refractivity contribution is 7.89. The second-order valence-corrected chi connectivity index (χ2v) is 10.9. The number of rotatable bonds is 7. The van der Waals surface area contributed by atoms with E-state index in [1.54, 1.807) is 63.8 Å². The summed E-state index contributed by atoms with van der Waals surface area (Å²) < 4.78 is 37.9. The maximum absolute atomic E-state index is 13.1. The average molecular weight is 553 g/mol. The van der Waals surface area contributed by atoms with Crippen molar-refractivity contribution in [3.8, 4) is 5.75 Å². The summed E-state index contributed by atoms with van der Waals surface area (Å²) in [6, 6.07) is 13.5. The van der Waals surface area contributed by atoms with Gasteiger partial charge in [0.25, 0.3) is 11.8 Å². The first-order valence-corrected chi connectivity index (χ1v) is 14.1. The van der Waals surface area contributed by atoms with Crippen LogP contribution < -0.4 is 9.46 Å². The van der Waals surface area contributed by atoms with E-state index >= 15 is 0 Å². The van der Waals surface area contributed by atoms with Gasteiger partial charge in [-0.05, 0) is 35.8 Å². The molecule has 0 bridgehead atoms. The van der Waals surface area contributed by atoms with Crippen molar-refractivity contribution >= 4 is 44.3 Å². The van der Waals surface area contributed by atoms with Gasteiger partial charge in [0.05, 0.1) is 12.6 Å². The van der Waals surface area contributed by atoms with Crippen LogP contribution in [0.5, 0.6) is 5.75 Å². The van der Waals surface area contributed by atoms with Crippen LogP contribution in [0.15, 0.2) is 65.0 Å². The highest BCUT2D eigenvalue weighted by atomic mass is 32.2. The number of carbonyl (C=O) groups excluding carboxylic acids is 2. The summed E-state index contributed by atoms with van der Waals surface area (Å²) in [5.41, 5.74) is 1.69. The van der Waals surface area contributed by atoms with E-state index in [0.29, 0.717) is 54.3 Å². The van der Waals surface area contributed by atoms with Gasteiger partial charge in [0.15, 0.2) is 5.69 Å². The number of sulfonamides is 1. The molecule has 196 valence electrons. The van der Waals surface area contributed by atoms with Crippen molar-refractivity contribution in [2.24, 2.45) is 0 Å². The molecule has 1 aliphatic rings. The van der Waals surface area contributed by atoms with Gasteiger partial charge in [-0.1, -0.05) is 28.8 Å². The number of aromatic nitrogens is 3. The lowest BCUT2D eigenvalue weighted by atomic mass is 10.1. The summed E-state index contributed by atoms with van der Waals surface area (Å²) in [5, 5.41) is 6.15. The monoisotopic (exact) mass is 552 g/mol. The van der Waals surface area contributed by atoms with Crippen LogP contribution in [-0.4, -0.2) is 77.9 Å². The predicted molar refractivity (Wildman–Crippen MR) is 140 cm³/mol. The van der Waals surface area contributed by atoms with Crippen LogP contribution >= 0.6 is 11.5 Å². The quantitative estimate of drug-likeness (QED) is 0.369. The van der Waals surface area contributed by atoms with E-state index in [4.69, 9.17) is 4.74 Å². The maximum atomic E-state index is 13.1. The van der Waals surface area contributed by atoms with Crippen LogP contribution in [0.25, 0.3) is 10.9 Å². The predicted octanol–water partition coefficient (Wildman–Crippen LogP) is 2.17. The number of pyridine rings is 1. The zero-order chi connectivity index (χ0) is 26.7. The van der Waals surface area contributed by atoms with Gasteiger partial charge in [-0.15, -0.1) is 5.10 Å². The molecule has 0 aliphatic carbocycles. The normalized spacial score (nSPS) is 14.0. The number of nitrogens with zero attached hydrogens (tertiary/aromatic N) is 5. The fraction of sp³-hybridized carbons (Fsp3) is 0.240. The SMILES string of the molecule is COc1cc(C(=O)N2CCN(C(=O)c3csnn3)CC2)ccc1CNS(=O)(=O)c1cccc2cccnc12. The molecule has 1 N–H and O–H groups in total. The van der Waals surface area contributed by atoms with Crippen molar-refractivity contribution in [1.82, 2.24) is 29.1 Å². The molecule has 13 heteroatoms. The minimum Gasteiger partial charge on any atom is -0.496 e. The van der Waals surface area contributed by atoms with Gasteiger partial charge in [-0.25, -0.2) is 13.1 Å². The van der Waals surface area contributed by atoms with Gasteiger partial charge in [-0.2, -0.15) is 0 Å². The lowest BCUT2D eigenvalue weighted by Crippen LogP contribution is -2.50. The summed E-state index contributed by atoms with van der Waals surface area (Å²) in [7, 11) is -2.40. The molecule has 2 aromatic carbocycles. The summed E-state index contributed by atoms with van der Waals surface area (Å²) in [6.45, 7) is 1.51. The highest BCUT2D eigenvalue weighted by Gasteiger charge is 2.27. The zero-order valence-corrected chi connectivity index (χ0v) is 22.0. The Bertz CT molecular complexity index is 1580. The van der Waals surface area contributed by atoms with E-state index in [1.807, 2.05) is 0 Å². The van der Waals surface area contributed by atoms with Crippen LogP contribution in [0.4, 0.5) is 0 Å². The highest BCUT2D eigenvalue weighted by Crippen LogP contribution is 2.24. The number of ether oxygens (including phenoxy) is 1. The number of hydrogen-bond acceptors (Lipinski definition) is 9. The van der Waals surface area contributed by atoms with Crippen molar-refractivity contribution < 1.29 is 22.7 Å². The largest absolute Gasteiger partial charge is 0.496 e. The Labute approximate surface area is 223 Å². The van der Waals surface area contributed by atoms with Crippen LogP contribution in [0.3, 0.4) is 0 Å². The number of hydrogen-bond donors (Lipinski definition) is 1. The standard InChI is InChI=1S/C25H24N6O5S2/c1-36-21-14-18(24(32)30-10-12-31(13-11-30)25(33)20-16-37-29-28-20)7-8-19(21)15-27-38(34,35)22-6-2-4-17-5-3-9-26-23(17)22/h2-9,14,16,27H,10-13,15H2,1H3. The molecule has 1 fully saturated rings. The molecule has 0 unspecified atom stereocenters. The van der Waals surface area contributed by atoms with Gasteiger partial charge in [0, 0.05) is 60.8 Å². The molecule has 0 radical (unpaired) electrons. The topological polar surface area (TPSA) is 135 Å². The molecule has 0 spiro atoms. The molecule has 0 saturated carbocycles. The first kappa shape index (κ1) is 25.7. The second-order valence-electron chi connectivity index (χ2n) is 8.56. The molecule has 4 aromatic rings. The number of amides is 2. The minimum absolute atomic E-state index is 0.0323. The maximum Gasteiger partial charge on any atom is 0.275 e. The van der Waals surface area contributed by atoms with Gasteiger partial charge in [0.2, 0.25) is 10.0 Å². The summed E-state index contributed by atoms with van der Waals surface area (Å²) >= 11 is 1.12. The molecule has 38 heavy (non-hydrogen) atoms. The molecule has 11 nitrogen and oxygen atoms in total. The van der Waals surface area contributed by atoms with E-state index in [9.17, 15) is 18.0 Å². The first-order chi connectivity index (χ1) is 18.4. The Morgan fingerprint density at radius 1 is 1.03 bits per heavy atom. The minimum atomic E-state index is -3.87. The number of nitrogens with one attached hydrogen (secondary N) is 1. The van der Waals surface area contributed by atoms with Crippen LogP contribution in [0.1, 0.15) is 26.4 Å².